The van der Waals surface area contributed by atoms with E-state index in [2.05, 4.69) is 34.5 Å². The molecular formula is C21H25Cl2N3O. The zero-order chi connectivity index (χ0) is 19.2. The van der Waals surface area contributed by atoms with Gasteiger partial charge in [-0.3, -0.25) is 9.69 Å². The number of amides is 1. The fourth-order valence-corrected chi connectivity index (χ4v) is 3.73. The monoisotopic (exact) mass is 405 g/mol. The highest BCUT2D eigenvalue weighted by Crippen LogP contribution is 2.21. The Hall–Kier alpha value is -1.59. The van der Waals surface area contributed by atoms with Crippen molar-refractivity contribution in [2.45, 2.75) is 26.1 Å². The highest BCUT2D eigenvalue weighted by atomic mass is 35.5. The lowest BCUT2D eigenvalue weighted by atomic mass is 10.1. The maximum Gasteiger partial charge on any atom is 0.239 e. The molecule has 2 aromatic rings. The molecule has 1 heterocycles. The number of rotatable bonds is 6. The zero-order valence-electron chi connectivity index (χ0n) is 15.5. The third-order valence-corrected chi connectivity index (χ3v) is 5.50. The summed E-state index contributed by atoms with van der Waals surface area (Å²) in [6, 6.07) is 15.6. The van der Waals surface area contributed by atoms with Crippen molar-refractivity contribution in [1.29, 1.82) is 0 Å². The third-order valence-electron chi connectivity index (χ3n) is 4.92. The molecule has 0 radical (unpaired) electrons. The SMILES string of the molecule is C[C@@H](NCc1ccc(Cl)cc1Cl)C(=O)N1CCN(Cc2ccccc2)CC1. The molecule has 1 amide bonds. The van der Waals surface area contributed by atoms with Crippen molar-refractivity contribution in [3.63, 3.8) is 0 Å². The molecule has 1 saturated heterocycles. The number of carbonyl (C=O) groups excluding carboxylic acids is 1. The zero-order valence-corrected chi connectivity index (χ0v) is 17.0. The normalized spacial score (nSPS) is 16.3. The van der Waals surface area contributed by atoms with Crippen LogP contribution < -0.4 is 5.32 Å². The minimum absolute atomic E-state index is 0.138. The summed E-state index contributed by atoms with van der Waals surface area (Å²) in [7, 11) is 0. The number of halogens is 2. The molecule has 0 spiro atoms. The van der Waals surface area contributed by atoms with Crippen molar-refractivity contribution < 1.29 is 4.79 Å². The van der Waals surface area contributed by atoms with E-state index in [0.29, 0.717) is 16.6 Å². The van der Waals surface area contributed by atoms with Gasteiger partial charge in [-0.1, -0.05) is 59.6 Å². The topological polar surface area (TPSA) is 35.6 Å². The van der Waals surface area contributed by atoms with Crippen LogP contribution in [0.2, 0.25) is 10.0 Å². The summed E-state index contributed by atoms with van der Waals surface area (Å²) in [4.78, 5) is 17.1. The summed E-state index contributed by atoms with van der Waals surface area (Å²) in [5, 5.41) is 4.50. The molecule has 1 fully saturated rings. The van der Waals surface area contributed by atoms with Gasteiger partial charge in [-0.2, -0.15) is 0 Å². The Morgan fingerprint density at radius 3 is 2.44 bits per heavy atom. The van der Waals surface area contributed by atoms with Gasteiger partial charge in [-0.05, 0) is 30.2 Å². The Labute approximate surface area is 171 Å². The summed E-state index contributed by atoms with van der Waals surface area (Å²) in [5.41, 5.74) is 2.25. The van der Waals surface area contributed by atoms with E-state index < -0.39 is 0 Å². The molecule has 1 atom stereocenters. The van der Waals surface area contributed by atoms with Crippen LogP contribution in [-0.2, 0) is 17.9 Å². The highest BCUT2D eigenvalue weighted by Gasteiger charge is 2.24. The Bertz CT molecular complexity index is 761. The second-order valence-electron chi connectivity index (χ2n) is 6.93. The van der Waals surface area contributed by atoms with Crippen molar-refractivity contribution in [1.82, 2.24) is 15.1 Å². The van der Waals surface area contributed by atoms with Crippen molar-refractivity contribution >= 4 is 29.1 Å². The minimum Gasteiger partial charge on any atom is -0.339 e. The molecule has 1 N–H and O–H groups in total. The van der Waals surface area contributed by atoms with Crippen LogP contribution in [0.1, 0.15) is 18.1 Å². The largest absolute Gasteiger partial charge is 0.339 e. The van der Waals surface area contributed by atoms with E-state index >= 15 is 0 Å². The fraction of sp³-hybridized carbons (Fsp3) is 0.381. The summed E-state index contributed by atoms with van der Waals surface area (Å²) in [6.45, 7) is 6.70. The quantitative estimate of drug-likeness (QED) is 0.793. The maximum atomic E-state index is 12.7. The number of nitrogens with zero attached hydrogens (tertiary/aromatic N) is 2. The van der Waals surface area contributed by atoms with Gasteiger partial charge in [0.1, 0.15) is 0 Å². The van der Waals surface area contributed by atoms with E-state index in [4.69, 9.17) is 23.2 Å². The Balaban J connectivity index is 1.45. The standard InChI is InChI=1S/C21H25Cl2N3O/c1-16(24-14-18-7-8-19(22)13-20(18)23)21(27)26-11-9-25(10-12-26)15-17-5-3-2-4-6-17/h2-8,13,16,24H,9-12,14-15H2,1H3/t16-/m1/s1. The maximum absolute atomic E-state index is 12.7. The highest BCUT2D eigenvalue weighted by molar-refractivity contribution is 6.35. The molecule has 3 rings (SSSR count). The van der Waals surface area contributed by atoms with Crippen molar-refractivity contribution in [2.24, 2.45) is 0 Å². The average Bonchev–Trinajstić information content (AvgIpc) is 2.68. The van der Waals surface area contributed by atoms with E-state index in [1.165, 1.54) is 5.56 Å². The van der Waals surface area contributed by atoms with Crippen LogP contribution in [0, 0.1) is 0 Å². The van der Waals surface area contributed by atoms with Crippen LogP contribution >= 0.6 is 23.2 Å². The van der Waals surface area contributed by atoms with E-state index in [9.17, 15) is 4.79 Å². The van der Waals surface area contributed by atoms with Gasteiger partial charge in [0.25, 0.3) is 0 Å². The first-order valence-electron chi connectivity index (χ1n) is 9.25. The number of hydrogen-bond donors (Lipinski definition) is 1. The molecule has 0 saturated carbocycles. The molecule has 1 aliphatic heterocycles. The minimum atomic E-state index is -0.252. The van der Waals surface area contributed by atoms with Gasteiger partial charge in [0, 0.05) is 49.3 Å². The summed E-state index contributed by atoms with van der Waals surface area (Å²) in [5.74, 6) is 0.138. The van der Waals surface area contributed by atoms with E-state index in [1.54, 1.807) is 6.07 Å². The average molecular weight is 406 g/mol. The molecule has 0 bridgehead atoms. The predicted molar refractivity (Wildman–Crippen MR) is 111 cm³/mol. The van der Waals surface area contributed by atoms with Gasteiger partial charge in [-0.25, -0.2) is 0 Å². The number of carbonyl (C=O) groups is 1. The van der Waals surface area contributed by atoms with Gasteiger partial charge in [0.2, 0.25) is 5.91 Å². The second-order valence-corrected chi connectivity index (χ2v) is 7.77. The molecule has 144 valence electrons. The molecule has 0 unspecified atom stereocenters. The number of hydrogen-bond acceptors (Lipinski definition) is 3. The molecule has 27 heavy (non-hydrogen) atoms. The first-order valence-corrected chi connectivity index (χ1v) is 10.0. The van der Waals surface area contributed by atoms with Crippen molar-refractivity contribution in [3.8, 4) is 0 Å². The predicted octanol–water partition coefficient (Wildman–Crippen LogP) is 3.82. The lowest BCUT2D eigenvalue weighted by Gasteiger charge is -2.36. The van der Waals surface area contributed by atoms with Crippen LogP contribution in [0.15, 0.2) is 48.5 Å². The lowest BCUT2D eigenvalue weighted by molar-refractivity contribution is -0.134. The molecule has 6 heteroatoms. The van der Waals surface area contributed by atoms with Gasteiger partial charge in [0.15, 0.2) is 0 Å². The molecular weight excluding hydrogens is 381 g/mol. The van der Waals surface area contributed by atoms with Crippen molar-refractivity contribution in [3.05, 3.63) is 69.7 Å². The number of piperazine rings is 1. The van der Waals surface area contributed by atoms with E-state index in [-0.39, 0.29) is 11.9 Å². The van der Waals surface area contributed by atoms with Gasteiger partial charge >= 0.3 is 0 Å². The van der Waals surface area contributed by atoms with E-state index in [0.717, 1.165) is 38.3 Å². The number of nitrogens with one attached hydrogen (secondary N) is 1. The van der Waals surface area contributed by atoms with Gasteiger partial charge in [0.05, 0.1) is 6.04 Å². The Morgan fingerprint density at radius 1 is 1.07 bits per heavy atom. The Kier molecular flexibility index (Phi) is 7.13. The van der Waals surface area contributed by atoms with Gasteiger partial charge in [-0.15, -0.1) is 0 Å². The summed E-state index contributed by atoms with van der Waals surface area (Å²) < 4.78 is 0. The van der Waals surface area contributed by atoms with Crippen LogP contribution in [0.3, 0.4) is 0 Å². The van der Waals surface area contributed by atoms with Gasteiger partial charge < -0.3 is 10.2 Å². The second kappa shape index (κ2) is 9.56. The third kappa shape index (κ3) is 5.69. The molecule has 1 aliphatic rings. The molecule has 0 aliphatic carbocycles. The van der Waals surface area contributed by atoms with Crippen LogP contribution in [0.5, 0.6) is 0 Å². The number of benzene rings is 2. The summed E-state index contributed by atoms with van der Waals surface area (Å²) in [6.07, 6.45) is 0. The van der Waals surface area contributed by atoms with Crippen LogP contribution in [-0.4, -0.2) is 47.9 Å². The van der Waals surface area contributed by atoms with Crippen LogP contribution in [0.4, 0.5) is 0 Å². The molecule has 4 nitrogen and oxygen atoms in total. The Morgan fingerprint density at radius 2 is 1.78 bits per heavy atom. The smallest absolute Gasteiger partial charge is 0.239 e. The van der Waals surface area contributed by atoms with E-state index in [1.807, 2.05) is 30.0 Å². The van der Waals surface area contributed by atoms with Crippen LogP contribution in [0.25, 0.3) is 0 Å². The first kappa shape index (κ1) is 20.2. The first-order chi connectivity index (χ1) is 13.0. The summed E-state index contributed by atoms with van der Waals surface area (Å²) >= 11 is 12.1. The molecule has 0 aromatic heterocycles. The molecule has 2 aromatic carbocycles. The lowest BCUT2D eigenvalue weighted by Crippen LogP contribution is -2.53. The fourth-order valence-electron chi connectivity index (χ4n) is 3.26. The van der Waals surface area contributed by atoms with Crippen molar-refractivity contribution in [2.75, 3.05) is 26.2 Å².